The van der Waals surface area contributed by atoms with E-state index in [-0.39, 0.29) is 0 Å². The molecule has 11 rings (SSSR count). The lowest BCUT2D eigenvalue weighted by molar-refractivity contribution is 1.01. The number of para-hydroxylation sites is 2. The molecule has 9 aromatic carbocycles. The van der Waals surface area contributed by atoms with Crippen LogP contribution in [0.4, 0.5) is 34.1 Å². The predicted octanol–water partition coefficient (Wildman–Crippen LogP) is 14.2. The summed E-state index contributed by atoms with van der Waals surface area (Å²) in [7, 11) is 4.41. The van der Waals surface area contributed by atoms with Gasteiger partial charge in [0.1, 0.15) is 0 Å². The fourth-order valence-electron chi connectivity index (χ4n) is 8.97. The van der Waals surface area contributed by atoms with Crippen LogP contribution in [0.1, 0.15) is 0 Å². The summed E-state index contributed by atoms with van der Waals surface area (Å²) in [6.07, 6.45) is 0. The van der Waals surface area contributed by atoms with Crippen molar-refractivity contribution in [2.24, 2.45) is 14.1 Å². The Balaban J connectivity index is 1.08. The predicted molar refractivity (Wildman–Crippen MR) is 239 cm³/mol. The highest BCUT2D eigenvalue weighted by atomic mass is 15.2. The van der Waals surface area contributed by atoms with E-state index in [2.05, 4.69) is 227 Å². The Hall–Kier alpha value is -7.30. The second kappa shape index (κ2) is 12.6. The summed E-state index contributed by atoms with van der Waals surface area (Å²) in [5.74, 6) is 0. The average molecular weight is 719 g/mol. The molecule has 0 aliphatic carbocycles. The number of anilines is 6. The Morgan fingerprint density at radius 3 is 1.11 bits per heavy atom. The van der Waals surface area contributed by atoms with Crippen molar-refractivity contribution in [3.8, 4) is 0 Å². The van der Waals surface area contributed by atoms with Crippen LogP contribution in [0.15, 0.2) is 194 Å². The molecule has 0 saturated heterocycles. The van der Waals surface area contributed by atoms with Gasteiger partial charge in [0.25, 0.3) is 0 Å². The first-order valence-corrected chi connectivity index (χ1v) is 19.2. The number of rotatable bonds is 6. The summed E-state index contributed by atoms with van der Waals surface area (Å²) in [4.78, 5) is 4.77. The van der Waals surface area contributed by atoms with Crippen molar-refractivity contribution in [3.63, 3.8) is 0 Å². The van der Waals surface area contributed by atoms with Crippen molar-refractivity contribution in [2.75, 3.05) is 9.80 Å². The minimum absolute atomic E-state index is 1.13. The molecule has 0 fully saturated rings. The summed E-state index contributed by atoms with van der Waals surface area (Å²) in [5, 5.41) is 9.90. The molecular weight excluding hydrogens is 681 g/mol. The molecule has 0 saturated carbocycles. The molecule has 0 radical (unpaired) electrons. The van der Waals surface area contributed by atoms with Crippen molar-refractivity contribution in [1.82, 2.24) is 9.13 Å². The van der Waals surface area contributed by atoms with Crippen molar-refractivity contribution < 1.29 is 0 Å². The number of hydrogen-bond donors (Lipinski definition) is 0. The van der Waals surface area contributed by atoms with Crippen molar-refractivity contribution in [3.05, 3.63) is 194 Å². The van der Waals surface area contributed by atoms with Gasteiger partial charge in [-0.25, -0.2) is 0 Å². The summed E-state index contributed by atoms with van der Waals surface area (Å²) in [6.45, 7) is 0. The number of aryl methyl sites for hydroxylation is 2. The van der Waals surface area contributed by atoms with Gasteiger partial charge in [-0.2, -0.15) is 0 Å². The zero-order valence-electron chi connectivity index (χ0n) is 31.3. The Labute approximate surface area is 325 Å². The van der Waals surface area contributed by atoms with Crippen molar-refractivity contribution in [1.29, 1.82) is 0 Å². The van der Waals surface area contributed by atoms with Crippen LogP contribution in [0.3, 0.4) is 0 Å². The van der Waals surface area contributed by atoms with Crippen LogP contribution in [0, 0.1) is 0 Å². The molecule has 4 nitrogen and oxygen atoms in total. The SMILES string of the molecule is Cn1c2cc(N(c3ccccc3)c3cccc4ccccc34)ccc2c2cc3c(cc21)c1ccc(N(c2ccccc2)c2cccc4ccccc24)cc1n3C. The largest absolute Gasteiger partial charge is 0.344 e. The molecule has 0 bridgehead atoms. The highest BCUT2D eigenvalue weighted by Gasteiger charge is 2.21. The number of aromatic nitrogens is 2. The van der Waals surface area contributed by atoms with Crippen LogP contribution in [0.2, 0.25) is 0 Å². The summed E-state index contributed by atoms with van der Waals surface area (Å²) in [5.41, 5.74) is 11.7. The van der Waals surface area contributed by atoms with Gasteiger partial charge in [-0.15, -0.1) is 0 Å². The van der Waals surface area contributed by atoms with Gasteiger partial charge in [-0.05, 0) is 83.6 Å². The van der Waals surface area contributed by atoms with E-state index in [9.17, 15) is 0 Å². The van der Waals surface area contributed by atoms with Crippen LogP contribution in [-0.4, -0.2) is 9.13 Å². The standard InChI is InChI=1S/C52H38N4/c1-53-49-31-39(55(37-19-5-3-6-20-37)47-25-13-17-35-15-9-11-23-41(35)47)27-29-43(49)45-34-52-46(33-51(45)53)44-30-28-40(32-50(44)54(52)2)56(38-21-7-4-8-22-38)48-26-14-18-36-16-10-12-24-42(36)48/h3-34H,1-2H3. The van der Waals surface area contributed by atoms with Gasteiger partial charge in [0.15, 0.2) is 0 Å². The van der Waals surface area contributed by atoms with Crippen LogP contribution in [0.25, 0.3) is 65.2 Å². The topological polar surface area (TPSA) is 16.3 Å². The molecule has 56 heavy (non-hydrogen) atoms. The monoisotopic (exact) mass is 718 g/mol. The summed E-state index contributed by atoms with van der Waals surface area (Å²) in [6, 6.07) is 70.5. The molecule has 11 aromatic rings. The van der Waals surface area contributed by atoms with Crippen LogP contribution in [0.5, 0.6) is 0 Å². The van der Waals surface area contributed by atoms with E-state index in [1.165, 1.54) is 65.2 Å². The smallest absolute Gasteiger partial charge is 0.0540 e. The zero-order valence-corrected chi connectivity index (χ0v) is 31.3. The van der Waals surface area contributed by atoms with E-state index in [0.717, 1.165) is 34.1 Å². The molecule has 2 aromatic heterocycles. The normalized spacial score (nSPS) is 11.8. The molecule has 0 aliphatic heterocycles. The van der Waals surface area contributed by atoms with E-state index in [0.29, 0.717) is 0 Å². The summed E-state index contributed by atoms with van der Waals surface area (Å²) < 4.78 is 4.73. The molecule has 0 atom stereocenters. The van der Waals surface area contributed by atoms with Crippen LogP contribution in [-0.2, 0) is 14.1 Å². The van der Waals surface area contributed by atoms with E-state index in [1.807, 2.05) is 0 Å². The van der Waals surface area contributed by atoms with Gasteiger partial charge < -0.3 is 18.9 Å². The van der Waals surface area contributed by atoms with E-state index < -0.39 is 0 Å². The van der Waals surface area contributed by atoms with Crippen LogP contribution >= 0.6 is 0 Å². The fraction of sp³-hybridized carbons (Fsp3) is 0.0385. The van der Waals surface area contributed by atoms with E-state index in [1.54, 1.807) is 0 Å². The third kappa shape index (κ3) is 4.93. The fourth-order valence-corrected chi connectivity index (χ4v) is 8.97. The van der Waals surface area contributed by atoms with Crippen LogP contribution < -0.4 is 9.80 Å². The second-order valence-electron chi connectivity index (χ2n) is 14.7. The maximum Gasteiger partial charge on any atom is 0.0540 e. The lowest BCUT2D eigenvalue weighted by Gasteiger charge is -2.27. The first-order valence-electron chi connectivity index (χ1n) is 19.2. The second-order valence-corrected chi connectivity index (χ2v) is 14.7. The Bertz CT molecular complexity index is 3050. The van der Waals surface area contributed by atoms with Crippen molar-refractivity contribution >= 4 is 99.3 Å². The Morgan fingerprint density at radius 2 is 0.661 bits per heavy atom. The maximum absolute atomic E-state index is 2.39. The zero-order chi connectivity index (χ0) is 37.3. The molecule has 0 amide bonds. The number of benzene rings is 9. The number of nitrogens with zero attached hydrogens (tertiary/aromatic N) is 4. The molecular formula is C52H38N4. The van der Waals surface area contributed by atoms with Gasteiger partial charge >= 0.3 is 0 Å². The first-order chi connectivity index (χ1) is 27.6. The third-order valence-electron chi connectivity index (χ3n) is 11.7. The quantitative estimate of drug-likeness (QED) is 0.170. The maximum atomic E-state index is 2.39. The lowest BCUT2D eigenvalue weighted by Crippen LogP contribution is -2.10. The molecule has 0 aliphatic rings. The highest BCUT2D eigenvalue weighted by Crippen LogP contribution is 2.44. The van der Waals surface area contributed by atoms with Gasteiger partial charge in [-0.3, -0.25) is 0 Å². The minimum atomic E-state index is 1.13. The average Bonchev–Trinajstić information content (AvgIpc) is 3.69. The lowest BCUT2D eigenvalue weighted by atomic mass is 10.0. The number of fused-ring (bicyclic) bond motifs is 8. The van der Waals surface area contributed by atoms with E-state index >= 15 is 0 Å². The Morgan fingerprint density at radius 1 is 0.286 bits per heavy atom. The molecule has 266 valence electrons. The molecule has 0 spiro atoms. The van der Waals surface area contributed by atoms with Gasteiger partial charge in [0, 0.05) is 80.2 Å². The highest BCUT2D eigenvalue weighted by molar-refractivity contribution is 6.19. The number of hydrogen-bond acceptors (Lipinski definition) is 2. The molecule has 0 unspecified atom stereocenters. The minimum Gasteiger partial charge on any atom is -0.344 e. The molecule has 0 N–H and O–H groups in total. The Kier molecular flexibility index (Phi) is 7.26. The van der Waals surface area contributed by atoms with E-state index in [4.69, 9.17) is 0 Å². The van der Waals surface area contributed by atoms with Gasteiger partial charge in [-0.1, -0.05) is 121 Å². The van der Waals surface area contributed by atoms with Gasteiger partial charge in [0.05, 0.1) is 22.4 Å². The molecule has 4 heteroatoms. The van der Waals surface area contributed by atoms with Gasteiger partial charge in [0.2, 0.25) is 0 Å². The first kappa shape index (κ1) is 32.2. The van der Waals surface area contributed by atoms with Crippen molar-refractivity contribution in [2.45, 2.75) is 0 Å². The molecule has 2 heterocycles. The summed E-state index contributed by atoms with van der Waals surface area (Å²) >= 11 is 0. The third-order valence-corrected chi connectivity index (χ3v) is 11.7.